The largest absolute Gasteiger partial charge is 0.466 e. The van der Waals surface area contributed by atoms with Crippen molar-refractivity contribution in [2.24, 2.45) is 0 Å². The maximum Gasteiger partial charge on any atom is 0.305 e. The fraction of sp³-hybridized carbons (Fsp3) is 0.917. The second kappa shape index (κ2) is 53.5. The van der Waals surface area contributed by atoms with E-state index in [0.717, 1.165) is 128 Å². The van der Waals surface area contributed by atoms with Crippen LogP contribution in [-0.2, 0) is 47.7 Å². The van der Waals surface area contributed by atoms with Crippen molar-refractivity contribution >= 4 is 51.4 Å². The molecule has 0 saturated carbocycles. The normalized spacial score (nSPS) is 14.7. The van der Waals surface area contributed by atoms with Crippen LogP contribution >= 0.6 is 21.6 Å². The zero-order valence-corrected chi connectivity index (χ0v) is 52.2. The molecule has 80 heavy (non-hydrogen) atoms. The Morgan fingerprint density at radius 2 is 0.675 bits per heavy atom. The van der Waals surface area contributed by atoms with Gasteiger partial charge in [-0.05, 0) is 109 Å². The maximum atomic E-state index is 12.8. The van der Waals surface area contributed by atoms with Crippen LogP contribution in [0.5, 0.6) is 0 Å². The second-order valence-electron chi connectivity index (χ2n) is 21.8. The van der Waals surface area contributed by atoms with Gasteiger partial charge in [0.1, 0.15) is 6.61 Å². The lowest BCUT2D eigenvalue weighted by atomic mass is 10.1. The molecule has 0 aliphatic carbocycles. The van der Waals surface area contributed by atoms with Crippen LogP contribution in [0, 0.1) is 0 Å². The summed E-state index contributed by atoms with van der Waals surface area (Å²) >= 11 is 0. The summed E-state index contributed by atoms with van der Waals surface area (Å²) in [6, 6.07) is 0. The topological polar surface area (TPSA) is 225 Å². The third-order valence-electron chi connectivity index (χ3n) is 14.1. The third-order valence-corrected chi connectivity index (χ3v) is 16.6. The van der Waals surface area contributed by atoms with Gasteiger partial charge in [-0.3, -0.25) is 43.6 Å². The van der Waals surface area contributed by atoms with Crippen LogP contribution in [0.4, 0.5) is 0 Å². The van der Waals surface area contributed by atoms with Crippen molar-refractivity contribution in [3.8, 4) is 0 Å². The van der Waals surface area contributed by atoms with Gasteiger partial charge >= 0.3 is 29.8 Å². The van der Waals surface area contributed by atoms with Crippen molar-refractivity contribution in [3.63, 3.8) is 0 Å². The average molecular weight is 1180 g/mol. The molecule has 18 nitrogen and oxygen atoms in total. The molecule has 0 aromatic heterocycles. The van der Waals surface area contributed by atoms with Crippen LogP contribution in [0.3, 0.4) is 0 Å². The Morgan fingerprint density at radius 1 is 0.375 bits per heavy atom. The number of aliphatic hydroxyl groups is 4. The van der Waals surface area contributed by atoms with Crippen molar-refractivity contribution < 1.29 is 68.1 Å². The van der Waals surface area contributed by atoms with Gasteiger partial charge in [0.15, 0.2) is 0 Å². The van der Waals surface area contributed by atoms with E-state index in [9.17, 15) is 44.4 Å². The van der Waals surface area contributed by atoms with Gasteiger partial charge in [-0.15, -0.1) is 0 Å². The molecule has 1 rings (SSSR count). The van der Waals surface area contributed by atoms with Gasteiger partial charge in [-0.1, -0.05) is 101 Å². The molecule has 1 aliphatic heterocycles. The Hall–Kier alpha value is -2.27. The maximum absolute atomic E-state index is 12.8. The van der Waals surface area contributed by atoms with Crippen molar-refractivity contribution in [2.45, 2.75) is 232 Å². The van der Waals surface area contributed by atoms with Gasteiger partial charge in [-0.25, -0.2) is 0 Å². The van der Waals surface area contributed by atoms with Crippen molar-refractivity contribution in [1.82, 2.24) is 19.6 Å². The SMILES string of the molecule is CCCCOC(=O)CCCCC(O)CN(CCCCSSCCN1CCN(CCOC(=O)CCCN(CC(O)CCCCC(=O)OCCCC)CC(O)CCCCC(=O)OCCCC)CC1)CC(O)CCCCC(=O)OCCCC. The zero-order chi connectivity index (χ0) is 58.7. The molecule has 20 heteroatoms. The summed E-state index contributed by atoms with van der Waals surface area (Å²) in [4.78, 5) is 69.7. The Balaban J connectivity index is 2.41. The molecule has 0 amide bonds. The molecule has 0 radical (unpaired) electrons. The number of ether oxygens (including phenoxy) is 5. The first-order valence-corrected chi connectivity index (χ1v) is 33.9. The lowest BCUT2D eigenvalue weighted by Gasteiger charge is -2.34. The Labute approximate surface area is 492 Å². The highest BCUT2D eigenvalue weighted by molar-refractivity contribution is 8.76. The molecule has 1 saturated heterocycles. The highest BCUT2D eigenvalue weighted by Gasteiger charge is 2.21. The summed E-state index contributed by atoms with van der Waals surface area (Å²) < 4.78 is 26.6. The van der Waals surface area contributed by atoms with E-state index in [0.29, 0.717) is 169 Å². The predicted octanol–water partition coefficient (Wildman–Crippen LogP) is 8.75. The first-order valence-electron chi connectivity index (χ1n) is 31.4. The third kappa shape index (κ3) is 47.1. The average Bonchev–Trinajstić information content (AvgIpc) is 3.42. The number of hydrogen-bond acceptors (Lipinski definition) is 20. The van der Waals surface area contributed by atoms with E-state index >= 15 is 0 Å². The van der Waals surface area contributed by atoms with Crippen LogP contribution in [0.15, 0.2) is 0 Å². The molecule has 4 atom stereocenters. The summed E-state index contributed by atoms with van der Waals surface area (Å²) in [5.41, 5.74) is 0. The van der Waals surface area contributed by atoms with Gasteiger partial charge < -0.3 is 44.1 Å². The molecule has 4 unspecified atom stereocenters. The second-order valence-corrected chi connectivity index (χ2v) is 24.5. The summed E-state index contributed by atoms with van der Waals surface area (Å²) in [5.74, 6) is 1.02. The minimum Gasteiger partial charge on any atom is -0.466 e. The molecule has 4 N–H and O–H groups in total. The van der Waals surface area contributed by atoms with E-state index in [1.165, 1.54) is 0 Å². The van der Waals surface area contributed by atoms with E-state index in [4.69, 9.17) is 23.7 Å². The van der Waals surface area contributed by atoms with Gasteiger partial charge in [-0.2, -0.15) is 0 Å². The number of aliphatic hydroxyl groups excluding tert-OH is 4. The first-order chi connectivity index (χ1) is 38.8. The predicted molar refractivity (Wildman–Crippen MR) is 321 cm³/mol. The van der Waals surface area contributed by atoms with Gasteiger partial charge in [0.2, 0.25) is 0 Å². The number of nitrogens with zero attached hydrogens (tertiary/aromatic N) is 4. The molecule has 470 valence electrons. The molecule has 0 aromatic rings. The zero-order valence-electron chi connectivity index (χ0n) is 50.5. The Bertz CT molecular complexity index is 1440. The molecule has 1 heterocycles. The monoisotopic (exact) mass is 1180 g/mol. The molecule has 0 bridgehead atoms. The van der Waals surface area contributed by atoms with Crippen molar-refractivity contribution in [3.05, 3.63) is 0 Å². The van der Waals surface area contributed by atoms with Gasteiger partial charge in [0.05, 0.1) is 50.8 Å². The lowest BCUT2D eigenvalue weighted by Crippen LogP contribution is -2.47. The number of piperazine rings is 1. The number of unbranched alkanes of at least 4 members (excludes halogenated alkanes) is 9. The van der Waals surface area contributed by atoms with Crippen molar-refractivity contribution in [1.29, 1.82) is 0 Å². The molecular weight excluding hydrogens is 1060 g/mol. The van der Waals surface area contributed by atoms with E-state index in [2.05, 4.69) is 28.5 Å². The fourth-order valence-corrected chi connectivity index (χ4v) is 11.3. The van der Waals surface area contributed by atoms with Crippen LogP contribution in [0.2, 0.25) is 0 Å². The summed E-state index contributed by atoms with van der Waals surface area (Å²) in [5, 5.41) is 43.7. The molecule has 0 aromatic carbocycles. The van der Waals surface area contributed by atoms with Crippen LogP contribution < -0.4 is 0 Å². The minimum atomic E-state index is -0.645. The number of esters is 5. The molecule has 1 aliphatic rings. The van der Waals surface area contributed by atoms with E-state index in [1.54, 1.807) is 0 Å². The molecule has 0 spiro atoms. The van der Waals surface area contributed by atoms with Crippen molar-refractivity contribution in [2.75, 3.05) is 123 Å². The quantitative estimate of drug-likeness (QED) is 0.0193. The fourth-order valence-electron chi connectivity index (χ4n) is 9.10. The Morgan fingerprint density at radius 3 is 1.02 bits per heavy atom. The summed E-state index contributed by atoms with van der Waals surface area (Å²) in [7, 11) is 3.79. The van der Waals surface area contributed by atoms with E-state index < -0.39 is 24.4 Å². The number of carbonyl (C=O) groups is 5. The summed E-state index contributed by atoms with van der Waals surface area (Å²) in [6.45, 7) is 18.7. The van der Waals surface area contributed by atoms with Gasteiger partial charge in [0, 0.05) is 109 Å². The standard InChI is InChI=1S/C60H114N4O14S2/c1-5-9-41-74-56(69)28-17-13-24-52(65)48-63(49-53(66)25-14-18-29-57(70)75-42-10-6-2)33-21-22-46-79-80-47-40-62-37-35-61(36-38-62)39-45-78-60(73)32-23-34-64(50-54(67)26-15-19-30-58(71)76-43-11-7-3)51-55(68)27-16-20-31-59(72)77-44-12-8-4/h52-55,65-68H,5-51H2,1-4H3. The van der Waals surface area contributed by atoms with E-state index in [1.807, 2.05) is 40.3 Å². The smallest absolute Gasteiger partial charge is 0.305 e. The van der Waals surface area contributed by atoms with Crippen LogP contribution in [-0.4, -0.2) is 217 Å². The van der Waals surface area contributed by atoms with Crippen LogP contribution in [0.25, 0.3) is 0 Å². The van der Waals surface area contributed by atoms with Crippen LogP contribution in [0.1, 0.15) is 207 Å². The molecular formula is C60H114N4O14S2. The first kappa shape index (κ1) is 75.7. The highest BCUT2D eigenvalue weighted by Crippen LogP contribution is 2.23. The molecule has 1 fully saturated rings. The number of hydrogen-bond donors (Lipinski definition) is 4. The van der Waals surface area contributed by atoms with E-state index in [-0.39, 0.29) is 36.3 Å². The van der Waals surface area contributed by atoms with Gasteiger partial charge in [0.25, 0.3) is 0 Å². The Kier molecular flexibility index (Phi) is 50.6. The summed E-state index contributed by atoms with van der Waals surface area (Å²) in [6.07, 6.45) is 16.7. The number of rotatable bonds is 56. The highest BCUT2D eigenvalue weighted by atomic mass is 33.1. The lowest BCUT2D eigenvalue weighted by molar-refractivity contribution is -0.145. The minimum absolute atomic E-state index is 0.178. The number of carbonyl (C=O) groups excluding carboxylic acids is 5.